The highest BCUT2D eigenvalue weighted by atomic mass is 35.5. The maximum absolute atomic E-state index is 5.80. The molecule has 1 atom stereocenters. The van der Waals surface area contributed by atoms with Crippen LogP contribution in [0.4, 0.5) is 0 Å². The Hall–Kier alpha value is -0.530. The molecule has 60 valence electrons. The van der Waals surface area contributed by atoms with E-state index in [0.29, 0.717) is 0 Å². The van der Waals surface area contributed by atoms with E-state index in [1.807, 2.05) is 24.3 Å². The van der Waals surface area contributed by atoms with E-state index in [9.17, 15) is 0 Å². The molecule has 0 bridgehead atoms. The van der Waals surface area contributed by atoms with Gasteiger partial charge < -0.3 is 5.73 Å². The zero-order valence-corrected chi connectivity index (χ0v) is 7.31. The standard InChI is InChI=1S/C9H12ClN/c1-2-9(11)7-3-5-8(10)6-4-7/h3-6,9H,2,11H2,1H3. The summed E-state index contributed by atoms with van der Waals surface area (Å²) >= 11 is 5.72. The van der Waals surface area contributed by atoms with Crippen molar-refractivity contribution in [3.05, 3.63) is 34.9 Å². The summed E-state index contributed by atoms with van der Waals surface area (Å²) in [6.07, 6.45) is 0.960. The molecule has 1 unspecified atom stereocenters. The van der Waals surface area contributed by atoms with Crippen LogP contribution >= 0.6 is 11.6 Å². The molecule has 0 aliphatic heterocycles. The maximum atomic E-state index is 5.80. The Kier molecular flexibility index (Phi) is 2.92. The van der Waals surface area contributed by atoms with Gasteiger partial charge in [-0.05, 0) is 24.1 Å². The number of rotatable bonds is 2. The molecule has 0 heterocycles. The second-order valence-electron chi connectivity index (χ2n) is 2.57. The van der Waals surface area contributed by atoms with E-state index in [1.165, 1.54) is 0 Å². The largest absolute Gasteiger partial charge is 0.324 e. The van der Waals surface area contributed by atoms with Gasteiger partial charge in [0.2, 0.25) is 0 Å². The van der Waals surface area contributed by atoms with Crippen LogP contribution in [0.3, 0.4) is 0 Å². The van der Waals surface area contributed by atoms with Gasteiger partial charge >= 0.3 is 0 Å². The summed E-state index contributed by atoms with van der Waals surface area (Å²) < 4.78 is 0. The molecule has 11 heavy (non-hydrogen) atoms. The predicted octanol–water partition coefficient (Wildman–Crippen LogP) is 2.75. The fraction of sp³-hybridized carbons (Fsp3) is 0.333. The van der Waals surface area contributed by atoms with E-state index < -0.39 is 0 Å². The lowest BCUT2D eigenvalue weighted by Crippen LogP contribution is -2.07. The average Bonchev–Trinajstić information content (AvgIpc) is 2.05. The summed E-state index contributed by atoms with van der Waals surface area (Å²) in [5.74, 6) is 0. The molecular weight excluding hydrogens is 158 g/mol. The lowest BCUT2D eigenvalue weighted by molar-refractivity contribution is 0.699. The Bertz CT molecular complexity index is 218. The number of hydrogen-bond donors (Lipinski definition) is 1. The SMILES string of the molecule is CCC(N)c1ccc(Cl)cc1. The zero-order chi connectivity index (χ0) is 8.27. The smallest absolute Gasteiger partial charge is 0.0406 e. The highest BCUT2D eigenvalue weighted by Gasteiger charge is 2.00. The molecule has 0 spiro atoms. The molecule has 1 rings (SSSR count). The van der Waals surface area contributed by atoms with Gasteiger partial charge in [0.25, 0.3) is 0 Å². The molecule has 2 heteroatoms. The Balaban J connectivity index is 2.81. The third kappa shape index (κ3) is 2.21. The Morgan fingerprint density at radius 2 is 1.91 bits per heavy atom. The third-order valence-electron chi connectivity index (χ3n) is 1.74. The van der Waals surface area contributed by atoms with Gasteiger partial charge in [0, 0.05) is 11.1 Å². The molecule has 0 saturated heterocycles. The molecule has 2 N–H and O–H groups in total. The first-order chi connectivity index (χ1) is 5.24. The monoisotopic (exact) mass is 169 g/mol. The molecule has 0 fully saturated rings. The Morgan fingerprint density at radius 1 is 1.36 bits per heavy atom. The molecule has 0 amide bonds. The van der Waals surface area contributed by atoms with Crippen molar-refractivity contribution in [1.82, 2.24) is 0 Å². The number of benzene rings is 1. The molecule has 0 radical (unpaired) electrons. The third-order valence-corrected chi connectivity index (χ3v) is 1.99. The number of halogens is 1. The average molecular weight is 170 g/mol. The molecular formula is C9H12ClN. The highest BCUT2D eigenvalue weighted by Crippen LogP contribution is 2.16. The van der Waals surface area contributed by atoms with Crippen LogP contribution in [0, 0.1) is 0 Å². The van der Waals surface area contributed by atoms with Gasteiger partial charge in [0.15, 0.2) is 0 Å². The predicted molar refractivity (Wildman–Crippen MR) is 48.7 cm³/mol. The van der Waals surface area contributed by atoms with Crippen molar-refractivity contribution in [3.63, 3.8) is 0 Å². The topological polar surface area (TPSA) is 26.0 Å². The van der Waals surface area contributed by atoms with E-state index in [4.69, 9.17) is 17.3 Å². The molecule has 0 aliphatic carbocycles. The van der Waals surface area contributed by atoms with Crippen molar-refractivity contribution in [1.29, 1.82) is 0 Å². The number of nitrogens with two attached hydrogens (primary N) is 1. The van der Waals surface area contributed by atoms with E-state index in [2.05, 4.69) is 6.92 Å². The molecule has 1 nitrogen and oxygen atoms in total. The first-order valence-electron chi connectivity index (χ1n) is 3.75. The quantitative estimate of drug-likeness (QED) is 0.724. The van der Waals surface area contributed by atoms with Gasteiger partial charge in [-0.15, -0.1) is 0 Å². The van der Waals surface area contributed by atoms with Crippen molar-refractivity contribution in [2.75, 3.05) is 0 Å². The van der Waals surface area contributed by atoms with Crippen molar-refractivity contribution < 1.29 is 0 Å². The van der Waals surface area contributed by atoms with Gasteiger partial charge in [0.1, 0.15) is 0 Å². The molecule has 0 saturated carbocycles. The fourth-order valence-electron chi connectivity index (χ4n) is 0.946. The second-order valence-corrected chi connectivity index (χ2v) is 3.00. The van der Waals surface area contributed by atoms with Crippen LogP contribution in [0.5, 0.6) is 0 Å². The van der Waals surface area contributed by atoms with Gasteiger partial charge in [-0.25, -0.2) is 0 Å². The zero-order valence-electron chi connectivity index (χ0n) is 6.55. The minimum atomic E-state index is 0.146. The van der Waals surface area contributed by atoms with Crippen LogP contribution in [-0.2, 0) is 0 Å². The van der Waals surface area contributed by atoms with E-state index >= 15 is 0 Å². The lowest BCUT2D eigenvalue weighted by Gasteiger charge is -2.07. The van der Waals surface area contributed by atoms with Crippen molar-refractivity contribution >= 4 is 11.6 Å². The van der Waals surface area contributed by atoms with Gasteiger partial charge in [-0.2, -0.15) is 0 Å². The second kappa shape index (κ2) is 3.74. The molecule has 1 aromatic carbocycles. The summed E-state index contributed by atoms with van der Waals surface area (Å²) in [5.41, 5.74) is 6.95. The Labute approximate surface area is 72.2 Å². The first kappa shape index (κ1) is 8.57. The van der Waals surface area contributed by atoms with Crippen LogP contribution in [0.15, 0.2) is 24.3 Å². The van der Waals surface area contributed by atoms with Crippen LogP contribution in [0.25, 0.3) is 0 Å². The van der Waals surface area contributed by atoms with Crippen LogP contribution in [0.1, 0.15) is 24.9 Å². The van der Waals surface area contributed by atoms with Crippen LogP contribution in [0.2, 0.25) is 5.02 Å². The van der Waals surface area contributed by atoms with E-state index in [0.717, 1.165) is 17.0 Å². The normalized spacial score (nSPS) is 13.0. The van der Waals surface area contributed by atoms with Crippen molar-refractivity contribution in [2.24, 2.45) is 5.73 Å². The molecule has 0 aromatic heterocycles. The van der Waals surface area contributed by atoms with Crippen LogP contribution < -0.4 is 5.73 Å². The summed E-state index contributed by atoms with van der Waals surface area (Å²) in [4.78, 5) is 0. The summed E-state index contributed by atoms with van der Waals surface area (Å²) in [6, 6.07) is 7.82. The van der Waals surface area contributed by atoms with Gasteiger partial charge in [-0.3, -0.25) is 0 Å². The summed E-state index contributed by atoms with van der Waals surface area (Å²) in [6.45, 7) is 2.07. The van der Waals surface area contributed by atoms with Crippen molar-refractivity contribution in [3.8, 4) is 0 Å². The summed E-state index contributed by atoms with van der Waals surface area (Å²) in [7, 11) is 0. The van der Waals surface area contributed by atoms with E-state index in [1.54, 1.807) is 0 Å². The van der Waals surface area contributed by atoms with Gasteiger partial charge in [0.05, 0.1) is 0 Å². The Morgan fingerprint density at radius 3 is 2.36 bits per heavy atom. The molecule has 1 aromatic rings. The van der Waals surface area contributed by atoms with Gasteiger partial charge in [-0.1, -0.05) is 30.7 Å². The first-order valence-corrected chi connectivity index (χ1v) is 4.13. The maximum Gasteiger partial charge on any atom is 0.0406 e. The lowest BCUT2D eigenvalue weighted by atomic mass is 10.1. The van der Waals surface area contributed by atoms with Crippen molar-refractivity contribution in [2.45, 2.75) is 19.4 Å². The highest BCUT2D eigenvalue weighted by molar-refractivity contribution is 6.30. The van der Waals surface area contributed by atoms with Crippen LogP contribution in [-0.4, -0.2) is 0 Å². The fourth-order valence-corrected chi connectivity index (χ4v) is 1.07. The van der Waals surface area contributed by atoms with E-state index in [-0.39, 0.29) is 6.04 Å². The minimum absolute atomic E-state index is 0.146. The summed E-state index contributed by atoms with van der Waals surface area (Å²) in [5, 5.41) is 0.761. The molecule has 0 aliphatic rings. The number of hydrogen-bond acceptors (Lipinski definition) is 1. The minimum Gasteiger partial charge on any atom is -0.324 e.